The minimum Gasteiger partial charge on any atom is -0.396 e. The van der Waals surface area contributed by atoms with Gasteiger partial charge in [0.15, 0.2) is 5.82 Å². The van der Waals surface area contributed by atoms with E-state index in [1.165, 1.54) is 24.3 Å². The lowest BCUT2D eigenvalue weighted by Gasteiger charge is -2.17. The van der Waals surface area contributed by atoms with Gasteiger partial charge in [-0.15, -0.1) is 0 Å². The fourth-order valence-electron chi connectivity index (χ4n) is 3.24. The number of aromatic nitrogens is 4. The maximum Gasteiger partial charge on any atom is 0.153 e. The highest BCUT2D eigenvalue weighted by Crippen LogP contribution is 2.31. The van der Waals surface area contributed by atoms with Crippen LogP contribution in [-0.2, 0) is 0 Å². The number of halogens is 2. The molecule has 0 aliphatic heterocycles. The topological polar surface area (TPSA) is 86.7 Å². The summed E-state index contributed by atoms with van der Waals surface area (Å²) >= 11 is 0. The van der Waals surface area contributed by atoms with E-state index >= 15 is 0 Å². The summed E-state index contributed by atoms with van der Waals surface area (Å²) in [5.41, 5.74) is 2.06. The number of nitrogens with one attached hydrogen (secondary N) is 2. The normalized spacial score (nSPS) is 12.3. The Bertz CT molecular complexity index is 1140. The Labute approximate surface area is 165 Å². The van der Waals surface area contributed by atoms with E-state index in [1.807, 2.05) is 13.0 Å². The fourth-order valence-corrected chi connectivity index (χ4v) is 3.24. The van der Waals surface area contributed by atoms with E-state index in [1.54, 1.807) is 18.2 Å². The summed E-state index contributed by atoms with van der Waals surface area (Å²) in [6.07, 6.45) is 0.341. The predicted octanol–water partition coefficient (Wildman–Crippen LogP) is 4.20. The molecule has 0 saturated heterocycles. The summed E-state index contributed by atoms with van der Waals surface area (Å²) in [4.78, 5) is 9.19. The Balaban J connectivity index is 1.84. The molecule has 2 heterocycles. The van der Waals surface area contributed by atoms with Crippen LogP contribution in [-0.4, -0.2) is 31.9 Å². The number of anilines is 2. The quantitative estimate of drug-likeness (QED) is 0.456. The van der Waals surface area contributed by atoms with Gasteiger partial charge in [-0.1, -0.05) is 12.1 Å². The van der Waals surface area contributed by atoms with Gasteiger partial charge in [0.25, 0.3) is 0 Å². The van der Waals surface area contributed by atoms with Gasteiger partial charge in [0.05, 0.1) is 5.52 Å². The van der Waals surface area contributed by atoms with Crippen molar-refractivity contribution in [3.63, 3.8) is 0 Å². The van der Waals surface area contributed by atoms with Crippen LogP contribution in [0, 0.1) is 18.6 Å². The van der Waals surface area contributed by atoms with Crippen molar-refractivity contribution in [2.24, 2.45) is 0 Å². The average molecular weight is 395 g/mol. The minimum absolute atomic E-state index is 0.103. The van der Waals surface area contributed by atoms with Gasteiger partial charge in [0, 0.05) is 35.7 Å². The molecule has 0 amide bonds. The van der Waals surface area contributed by atoms with Crippen molar-refractivity contribution in [2.45, 2.75) is 19.3 Å². The van der Waals surface area contributed by atoms with Crippen molar-refractivity contribution in [3.05, 3.63) is 77.2 Å². The predicted molar refractivity (Wildman–Crippen MR) is 106 cm³/mol. The van der Waals surface area contributed by atoms with E-state index < -0.39 is 5.82 Å². The molecule has 0 spiro atoms. The van der Waals surface area contributed by atoms with Gasteiger partial charge in [0.2, 0.25) is 0 Å². The molecule has 4 aromatic rings. The summed E-state index contributed by atoms with van der Waals surface area (Å²) in [6, 6.07) is 12.1. The molecule has 148 valence electrons. The number of aliphatic hydroxyl groups is 1. The minimum atomic E-state index is -0.413. The maximum atomic E-state index is 13.9. The Morgan fingerprint density at radius 3 is 2.48 bits per heavy atom. The van der Waals surface area contributed by atoms with Gasteiger partial charge < -0.3 is 10.4 Å². The molecule has 2 aromatic heterocycles. The number of rotatable bonds is 6. The van der Waals surface area contributed by atoms with Crippen LogP contribution in [0.5, 0.6) is 0 Å². The zero-order chi connectivity index (χ0) is 20.4. The molecular formula is C21H19F2N5O. The van der Waals surface area contributed by atoms with Gasteiger partial charge >= 0.3 is 0 Å². The smallest absolute Gasteiger partial charge is 0.153 e. The Hall–Kier alpha value is -3.39. The number of hydrogen-bond donors (Lipinski definition) is 3. The number of H-pyrrole nitrogens is 1. The molecule has 0 fully saturated rings. The summed E-state index contributed by atoms with van der Waals surface area (Å²) < 4.78 is 27.2. The summed E-state index contributed by atoms with van der Waals surface area (Å²) in [5.74, 6) is 0.298. The van der Waals surface area contributed by atoms with Crippen LogP contribution in [0.25, 0.3) is 10.9 Å². The zero-order valence-corrected chi connectivity index (χ0v) is 15.7. The molecule has 8 heteroatoms. The number of aromatic amines is 1. The summed E-state index contributed by atoms with van der Waals surface area (Å²) in [6.45, 7) is 1.77. The van der Waals surface area contributed by atoms with E-state index in [4.69, 9.17) is 0 Å². The molecule has 0 bridgehead atoms. The van der Waals surface area contributed by atoms with Crippen LogP contribution >= 0.6 is 0 Å². The second-order valence-electron chi connectivity index (χ2n) is 6.77. The van der Waals surface area contributed by atoms with E-state index in [0.717, 1.165) is 11.3 Å². The molecule has 0 radical (unpaired) electrons. The van der Waals surface area contributed by atoms with E-state index in [-0.39, 0.29) is 18.3 Å². The van der Waals surface area contributed by atoms with Crippen LogP contribution in [0.3, 0.4) is 0 Å². The molecule has 2 aromatic carbocycles. The Kier molecular flexibility index (Phi) is 5.18. The molecule has 0 aliphatic carbocycles. The number of benzene rings is 2. The van der Waals surface area contributed by atoms with Gasteiger partial charge in [-0.05, 0) is 43.2 Å². The maximum absolute atomic E-state index is 13.9. The average Bonchev–Trinajstić information content (AvgIpc) is 3.11. The standard InChI is InChI=1S/C21H19F2N5O/c1-12-10-19(28-27-12)25-21-17-7-6-15(23)11-18(17)24-20(26-21)16(8-9-29)13-2-4-14(22)5-3-13/h2-7,10-11,16,29H,8-9H2,1H3,(H2,24,25,26,27,28). The van der Waals surface area contributed by atoms with Gasteiger partial charge in [-0.2, -0.15) is 5.10 Å². The molecular weight excluding hydrogens is 376 g/mol. The fraction of sp³-hybridized carbons (Fsp3) is 0.190. The third-order valence-electron chi connectivity index (χ3n) is 4.63. The van der Waals surface area contributed by atoms with Crippen LogP contribution in [0.2, 0.25) is 0 Å². The lowest BCUT2D eigenvalue weighted by atomic mass is 9.95. The van der Waals surface area contributed by atoms with Crippen molar-refractivity contribution in [2.75, 3.05) is 11.9 Å². The Morgan fingerprint density at radius 2 is 1.79 bits per heavy atom. The molecule has 0 aliphatic rings. The molecule has 1 unspecified atom stereocenters. The second-order valence-corrected chi connectivity index (χ2v) is 6.77. The monoisotopic (exact) mass is 395 g/mol. The van der Waals surface area contributed by atoms with Gasteiger partial charge in [0.1, 0.15) is 23.3 Å². The van der Waals surface area contributed by atoms with Crippen LogP contribution in [0.1, 0.15) is 29.4 Å². The number of aryl methyl sites for hydroxylation is 1. The van der Waals surface area contributed by atoms with E-state index in [0.29, 0.717) is 34.8 Å². The second kappa shape index (κ2) is 7.92. The molecule has 4 rings (SSSR count). The Morgan fingerprint density at radius 1 is 1.03 bits per heavy atom. The van der Waals surface area contributed by atoms with Crippen molar-refractivity contribution in [3.8, 4) is 0 Å². The third kappa shape index (κ3) is 4.07. The summed E-state index contributed by atoms with van der Waals surface area (Å²) in [5, 5.41) is 20.4. The van der Waals surface area contributed by atoms with Crippen LogP contribution in [0.4, 0.5) is 20.4 Å². The van der Waals surface area contributed by atoms with Gasteiger partial charge in [-0.25, -0.2) is 18.7 Å². The highest BCUT2D eigenvalue weighted by molar-refractivity contribution is 5.90. The molecule has 0 saturated carbocycles. The molecule has 3 N–H and O–H groups in total. The van der Waals surface area contributed by atoms with Crippen molar-refractivity contribution < 1.29 is 13.9 Å². The summed E-state index contributed by atoms with van der Waals surface area (Å²) in [7, 11) is 0. The van der Waals surface area contributed by atoms with E-state index in [2.05, 4.69) is 25.5 Å². The first-order valence-corrected chi connectivity index (χ1v) is 9.16. The highest BCUT2D eigenvalue weighted by atomic mass is 19.1. The lowest BCUT2D eigenvalue weighted by molar-refractivity contribution is 0.280. The van der Waals surface area contributed by atoms with E-state index in [9.17, 15) is 13.9 Å². The van der Waals surface area contributed by atoms with Gasteiger partial charge in [-0.3, -0.25) is 5.10 Å². The molecule has 1 atom stereocenters. The first-order valence-electron chi connectivity index (χ1n) is 9.16. The zero-order valence-electron chi connectivity index (χ0n) is 15.7. The molecule has 6 nitrogen and oxygen atoms in total. The number of nitrogens with zero attached hydrogens (tertiary/aromatic N) is 3. The van der Waals surface area contributed by atoms with Crippen molar-refractivity contribution in [1.29, 1.82) is 0 Å². The number of aliphatic hydroxyl groups excluding tert-OH is 1. The van der Waals surface area contributed by atoms with Crippen LogP contribution in [0.15, 0.2) is 48.5 Å². The van der Waals surface area contributed by atoms with Crippen LogP contribution < -0.4 is 5.32 Å². The van der Waals surface area contributed by atoms with Crippen molar-refractivity contribution in [1.82, 2.24) is 20.2 Å². The first-order chi connectivity index (χ1) is 14.0. The first kappa shape index (κ1) is 18.9. The lowest BCUT2D eigenvalue weighted by Crippen LogP contribution is -2.10. The third-order valence-corrected chi connectivity index (χ3v) is 4.63. The number of hydrogen-bond acceptors (Lipinski definition) is 5. The highest BCUT2D eigenvalue weighted by Gasteiger charge is 2.20. The number of fused-ring (bicyclic) bond motifs is 1. The largest absolute Gasteiger partial charge is 0.396 e. The SMILES string of the molecule is Cc1cc(Nc2nc(C(CCO)c3ccc(F)cc3)nc3cc(F)ccc23)n[nH]1. The molecule has 29 heavy (non-hydrogen) atoms. The van der Waals surface area contributed by atoms with Crippen molar-refractivity contribution >= 4 is 22.5 Å².